The molecule has 188 valence electrons. The molecule has 0 amide bonds. The predicted octanol–water partition coefficient (Wildman–Crippen LogP) is 1.97. The van der Waals surface area contributed by atoms with Crippen molar-refractivity contribution in [2.75, 3.05) is 56.1 Å². The van der Waals surface area contributed by atoms with Crippen LogP contribution < -0.4 is 26.2 Å². The van der Waals surface area contributed by atoms with Gasteiger partial charge in [0, 0.05) is 46.8 Å². The largest absolute Gasteiger partial charge is 0.488 e. The van der Waals surface area contributed by atoms with Crippen LogP contribution in [-0.4, -0.2) is 59.9 Å². The smallest absolute Gasteiger partial charge is 0.332 e. The van der Waals surface area contributed by atoms with Crippen LogP contribution in [-0.2, 0) is 14.1 Å². The average Bonchev–Trinajstić information content (AvgIpc) is 2.84. The summed E-state index contributed by atoms with van der Waals surface area (Å²) in [4.78, 5) is 27.8. The van der Waals surface area contributed by atoms with E-state index < -0.39 is 40.4 Å². The lowest BCUT2D eigenvalue weighted by Gasteiger charge is -2.37. The molecule has 1 saturated heterocycles. The monoisotopic (exact) mass is 487 g/mol. The molecule has 8 nitrogen and oxygen atoms in total. The van der Waals surface area contributed by atoms with Crippen molar-refractivity contribution in [3.8, 4) is 5.75 Å². The lowest BCUT2D eigenvalue weighted by Crippen LogP contribution is -2.47. The van der Waals surface area contributed by atoms with E-state index in [1.165, 1.54) is 16.5 Å². The first-order valence-corrected chi connectivity index (χ1v) is 11.1. The third-order valence-corrected chi connectivity index (χ3v) is 6.01. The van der Waals surface area contributed by atoms with Crippen molar-refractivity contribution in [3.63, 3.8) is 0 Å². The summed E-state index contributed by atoms with van der Waals surface area (Å²) in [6.45, 7) is 5.89. The highest BCUT2D eigenvalue weighted by Gasteiger charge is 2.31. The second-order valence-electron chi connectivity index (χ2n) is 8.16. The second-order valence-corrected chi connectivity index (χ2v) is 8.16. The minimum Gasteiger partial charge on any atom is -0.488 e. The zero-order valence-corrected chi connectivity index (χ0v) is 19.7. The Hall–Kier alpha value is -3.02. The third-order valence-electron chi connectivity index (χ3n) is 6.01. The molecule has 2 aromatic rings. The molecule has 12 heteroatoms. The van der Waals surface area contributed by atoms with Crippen molar-refractivity contribution in [1.29, 1.82) is 0 Å². The number of rotatable bonds is 8. The first-order chi connectivity index (χ1) is 16.1. The van der Waals surface area contributed by atoms with Crippen LogP contribution in [0.15, 0.2) is 9.59 Å². The van der Waals surface area contributed by atoms with Crippen molar-refractivity contribution in [3.05, 3.63) is 49.7 Å². The number of hydrogen-bond donors (Lipinski definition) is 1. The zero-order chi connectivity index (χ0) is 25.2. The fourth-order valence-electron chi connectivity index (χ4n) is 4.13. The maximum Gasteiger partial charge on any atom is 0.332 e. The van der Waals surface area contributed by atoms with Gasteiger partial charge in [-0.05, 0) is 26.8 Å². The van der Waals surface area contributed by atoms with Crippen molar-refractivity contribution in [2.24, 2.45) is 14.1 Å². The number of hydrogen-bond acceptors (Lipinski definition) is 6. The van der Waals surface area contributed by atoms with Gasteiger partial charge in [-0.25, -0.2) is 18.0 Å². The Bertz CT molecular complexity index is 1140. The molecule has 1 aromatic carbocycles. The molecule has 0 aliphatic carbocycles. The van der Waals surface area contributed by atoms with E-state index in [2.05, 4.69) is 10.2 Å². The minimum atomic E-state index is -1.89. The topological polar surface area (TPSA) is 71.7 Å². The highest BCUT2D eigenvalue weighted by atomic mass is 19.2. The Balaban J connectivity index is 1.59. The quantitative estimate of drug-likeness (QED) is 0.266. The predicted molar refractivity (Wildman–Crippen MR) is 121 cm³/mol. The van der Waals surface area contributed by atoms with Crippen molar-refractivity contribution >= 4 is 11.5 Å². The fourth-order valence-corrected chi connectivity index (χ4v) is 4.13. The molecular formula is C22H29F4N5O3. The number of piperazine rings is 1. The van der Waals surface area contributed by atoms with Gasteiger partial charge in [0.25, 0.3) is 5.56 Å². The summed E-state index contributed by atoms with van der Waals surface area (Å²) in [6.07, 6.45) is 0.696. The summed E-state index contributed by atoms with van der Waals surface area (Å²) < 4.78 is 63.7. The zero-order valence-electron chi connectivity index (χ0n) is 19.7. The van der Waals surface area contributed by atoms with Crippen LogP contribution in [0.1, 0.15) is 18.9 Å². The van der Waals surface area contributed by atoms with Gasteiger partial charge < -0.3 is 15.0 Å². The van der Waals surface area contributed by atoms with Crippen molar-refractivity contribution < 1.29 is 22.3 Å². The summed E-state index contributed by atoms with van der Waals surface area (Å²) in [6, 6.07) is 0. The van der Waals surface area contributed by atoms with Crippen LogP contribution in [0, 0.1) is 30.2 Å². The molecule has 1 aromatic heterocycles. The van der Waals surface area contributed by atoms with Gasteiger partial charge in [0.05, 0.1) is 12.2 Å². The molecule has 0 spiro atoms. The van der Waals surface area contributed by atoms with Gasteiger partial charge >= 0.3 is 5.69 Å². The van der Waals surface area contributed by atoms with E-state index in [4.69, 9.17) is 4.74 Å². The van der Waals surface area contributed by atoms with Gasteiger partial charge in [0.2, 0.25) is 11.6 Å². The van der Waals surface area contributed by atoms with Crippen LogP contribution in [0.3, 0.4) is 0 Å². The van der Waals surface area contributed by atoms with E-state index in [0.29, 0.717) is 44.0 Å². The van der Waals surface area contributed by atoms with Crippen LogP contribution in [0.5, 0.6) is 5.75 Å². The van der Waals surface area contributed by atoms with Gasteiger partial charge in [0.15, 0.2) is 17.4 Å². The Morgan fingerprint density at radius 3 is 2.15 bits per heavy atom. The molecule has 0 saturated carbocycles. The Kier molecular flexibility index (Phi) is 7.90. The average molecular weight is 487 g/mol. The summed E-state index contributed by atoms with van der Waals surface area (Å²) in [5.41, 5.74) is -0.721. The highest BCUT2D eigenvalue weighted by Crippen LogP contribution is 2.38. The molecule has 3 rings (SSSR count). The van der Waals surface area contributed by atoms with E-state index >= 15 is 0 Å². The number of anilines is 2. The summed E-state index contributed by atoms with van der Waals surface area (Å²) >= 11 is 0. The van der Waals surface area contributed by atoms with E-state index in [9.17, 15) is 27.2 Å². The number of ether oxygens (including phenoxy) is 1. The van der Waals surface area contributed by atoms with E-state index in [0.717, 1.165) is 4.57 Å². The van der Waals surface area contributed by atoms with E-state index in [-0.39, 0.29) is 25.3 Å². The normalized spacial score (nSPS) is 14.5. The third kappa shape index (κ3) is 4.77. The fraction of sp³-hybridized carbons (Fsp3) is 0.545. The Morgan fingerprint density at radius 2 is 1.53 bits per heavy atom. The van der Waals surface area contributed by atoms with Crippen LogP contribution >= 0.6 is 0 Å². The standard InChI is InChI=1S/C22H29F4N5O3/c1-5-34-19-17(26)15(24)14(23)16(25)18(19)31-11-9-30(10-12-31)8-6-7-27-20-13(2)21(32)29(4)22(33)28(20)3/h27H,5-12H2,1-4H3. The summed E-state index contributed by atoms with van der Waals surface area (Å²) in [5, 5.41) is 3.14. The number of benzene rings is 1. The first-order valence-electron chi connectivity index (χ1n) is 11.1. The molecule has 1 N–H and O–H groups in total. The van der Waals surface area contributed by atoms with E-state index in [1.807, 2.05) is 0 Å². The van der Waals surface area contributed by atoms with Gasteiger partial charge in [-0.2, -0.15) is 4.39 Å². The second kappa shape index (κ2) is 10.5. The minimum absolute atomic E-state index is 0.0278. The van der Waals surface area contributed by atoms with Crippen molar-refractivity contribution in [1.82, 2.24) is 14.0 Å². The lowest BCUT2D eigenvalue weighted by molar-refractivity contribution is 0.252. The first kappa shape index (κ1) is 25.6. The van der Waals surface area contributed by atoms with E-state index in [1.54, 1.807) is 20.9 Å². The summed E-state index contributed by atoms with van der Waals surface area (Å²) in [7, 11) is 3.02. The van der Waals surface area contributed by atoms with Gasteiger partial charge in [0.1, 0.15) is 11.5 Å². The molecule has 0 radical (unpaired) electrons. The molecule has 0 atom stereocenters. The lowest BCUT2D eigenvalue weighted by atomic mass is 10.2. The Morgan fingerprint density at radius 1 is 0.912 bits per heavy atom. The molecule has 0 unspecified atom stereocenters. The summed E-state index contributed by atoms with van der Waals surface area (Å²) in [5.74, 6) is -6.90. The van der Waals surface area contributed by atoms with Crippen LogP contribution in [0.4, 0.5) is 29.1 Å². The Labute approximate surface area is 194 Å². The molecule has 1 aliphatic heterocycles. The maximum atomic E-state index is 14.5. The number of nitrogens with zero attached hydrogens (tertiary/aromatic N) is 4. The van der Waals surface area contributed by atoms with Gasteiger partial charge in [-0.15, -0.1) is 0 Å². The number of nitrogens with one attached hydrogen (secondary N) is 1. The molecule has 34 heavy (non-hydrogen) atoms. The van der Waals surface area contributed by atoms with Crippen LogP contribution in [0.2, 0.25) is 0 Å². The van der Waals surface area contributed by atoms with Gasteiger partial charge in [-0.1, -0.05) is 0 Å². The van der Waals surface area contributed by atoms with Crippen molar-refractivity contribution in [2.45, 2.75) is 20.3 Å². The van der Waals surface area contributed by atoms with Crippen LogP contribution in [0.25, 0.3) is 0 Å². The molecule has 1 aliphatic rings. The molecule has 0 bridgehead atoms. The SMILES string of the molecule is CCOc1c(F)c(F)c(F)c(F)c1N1CCN(CCCNc2c(C)c(=O)n(C)c(=O)n2C)CC1. The maximum absolute atomic E-state index is 14.5. The molecule has 2 heterocycles. The van der Waals surface area contributed by atoms with Gasteiger partial charge in [-0.3, -0.25) is 18.8 Å². The molecule has 1 fully saturated rings. The highest BCUT2D eigenvalue weighted by molar-refractivity contribution is 5.61. The number of aromatic nitrogens is 2. The number of halogens is 4. The molecular weight excluding hydrogens is 458 g/mol.